The average molecular weight is 212 g/mol. The first-order valence-electron chi connectivity index (χ1n) is 4.92. The third-order valence-corrected chi connectivity index (χ3v) is 1.85. The summed E-state index contributed by atoms with van der Waals surface area (Å²) in [5.41, 5.74) is 0. The molecule has 84 valence electrons. The highest BCUT2D eigenvalue weighted by atomic mass is 16.5. The van der Waals surface area contributed by atoms with Crippen molar-refractivity contribution >= 4 is 11.8 Å². The molecular weight excluding hydrogens is 196 g/mol. The lowest BCUT2D eigenvalue weighted by atomic mass is 10.3. The molecule has 15 heavy (non-hydrogen) atoms. The largest absolute Gasteiger partial charge is 0.351 e. The van der Waals surface area contributed by atoms with E-state index in [2.05, 4.69) is 5.32 Å². The number of ether oxygens (including phenoxy) is 1. The maximum Gasteiger partial charge on any atom is 0.250 e. The fraction of sp³-hybridized carbons (Fsp3) is 0.600. The van der Waals surface area contributed by atoms with Gasteiger partial charge in [-0.25, -0.2) is 0 Å². The van der Waals surface area contributed by atoms with Crippen LogP contribution in [0, 0.1) is 0 Å². The summed E-state index contributed by atoms with van der Waals surface area (Å²) in [6.45, 7) is 4.67. The van der Waals surface area contributed by atoms with Crippen LogP contribution >= 0.6 is 0 Å². The van der Waals surface area contributed by atoms with E-state index in [1.165, 1.54) is 6.08 Å². The van der Waals surface area contributed by atoms with Crippen LogP contribution < -0.4 is 5.32 Å². The van der Waals surface area contributed by atoms with Gasteiger partial charge in [-0.2, -0.15) is 0 Å². The average Bonchev–Trinajstić information content (AvgIpc) is 2.50. The fourth-order valence-electron chi connectivity index (χ4n) is 1.18. The molecule has 2 amide bonds. The summed E-state index contributed by atoms with van der Waals surface area (Å²) in [6.07, 6.45) is 3.09. The molecule has 0 aliphatic carbocycles. The highest BCUT2D eigenvalue weighted by Gasteiger charge is 2.18. The van der Waals surface area contributed by atoms with Gasteiger partial charge in [0.1, 0.15) is 13.3 Å². The van der Waals surface area contributed by atoms with E-state index >= 15 is 0 Å². The maximum absolute atomic E-state index is 11.2. The number of rotatable bonds is 4. The molecule has 1 aliphatic heterocycles. The van der Waals surface area contributed by atoms with Gasteiger partial charge >= 0.3 is 0 Å². The fourth-order valence-corrected chi connectivity index (χ4v) is 1.18. The van der Waals surface area contributed by atoms with Gasteiger partial charge in [-0.3, -0.25) is 9.59 Å². The highest BCUT2D eigenvalue weighted by Crippen LogP contribution is 2.00. The molecule has 5 nitrogen and oxygen atoms in total. The molecule has 0 bridgehead atoms. The van der Waals surface area contributed by atoms with Gasteiger partial charge < -0.3 is 15.0 Å². The summed E-state index contributed by atoms with van der Waals surface area (Å²) in [6, 6.07) is 0.124. The molecule has 5 heteroatoms. The van der Waals surface area contributed by atoms with Gasteiger partial charge in [-0.05, 0) is 13.8 Å². The van der Waals surface area contributed by atoms with Crippen LogP contribution in [-0.4, -0.2) is 42.6 Å². The lowest BCUT2D eigenvalue weighted by molar-refractivity contribution is -0.126. The van der Waals surface area contributed by atoms with E-state index in [-0.39, 0.29) is 24.5 Å². The molecule has 1 fully saturated rings. The second-order valence-electron chi connectivity index (χ2n) is 3.66. The molecule has 0 saturated carbocycles. The number of hydrogen-bond donors (Lipinski definition) is 1. The minimum absolute atomic E-state index is 0.0380. The van der Waals surface area contributed by atoms with Gasteiger partial charge in [0, 0.05) is 18.7 Å². The van der Waals surface area contributed by atoms with Crippen molar-refractivity contribution < 1.29 is 14.3 Å². The van der Waals surface area contributed by atoms with Crippen LogP contribution in [0.25, 0.3) is 0 Å². The maximum atomic E-state index is 11.2. The minimum Gasteiger partial charge on any atom is -0.351 e. The number of nitrogens with zero attached hydrogens (tertiary/aromatic N) is 1. The standard InChI is InChI=1S/C10H16N2O3/c1-8(2)11-9(13)4-3-5-12-7-15-6-10(12)14/h3-4,8H,5-7H2,1-2H3,(H,11,13)/b4-3+. The molecule has 0 spiro atoms. The first-order valence-corrected chi connectivity index (χ1v) is 4.92. The van der Waals surface area contributed by atoms with Crippen molar-refractivity contribution in [3.05, 3.63) is 12.2 Å². The van der Waals surface area contributed by atoms with Crippen LogP contribution in [0.4, 0.5) is 0 Å². The number of nitrogens with one attached hydrogen (secondary N) is 1. The van der Waals surface area contributed by atoms with E-state index in [9.17, 15) is 9.59 Å². The Morgan fingerprint density at radius 3 is 2.93 bits per heavy atom. The van der Waals surface area contributed by atoms with Gasteiger partial charge in [0.05, 0.1) is 0 Å². The van der Waals surface area contributed by atoms with E-state index in [0.717, 1.165) is 0 Å². The van der Waals surface area contributed by atoms with Gasteiger partial charge in [-0.1, -0.05) is 6.08 Å². The summed E-state index contributed by atoms with van der Waals surface area (Å²) >= 11 is 0. The SMILES string of the molecule is CC(C)NC(=O)/C=C/CN1COCC1=O. The first-order chi connectivity index (χ1) is 7.09. The van der Waals surface area contributed by atoms with E-state index in [0.29, 0.717) is 13.3 Å². The number of carbonyl (C=O) groups is 2. The Morgan fingerprint density at radius 2 is 2.40 bits per heavy atom. The van der Waals surface area contributed by atoms with Crippen molar-refractivity contribution in [1.82, 2.24) is 10.2 Å². The van der Waals surface area contributed by atoms with Crippen LogP contribution in [0.1, 0.15) is 13.8 Å². The molecule has 1 aliphatic rings. The van der Waals surface area contributed by atoms with E-state index in [1.807, 2.05) is 13.8 Å². The predicted octanol–water partition coefficient (Wildman–Crippen LogP) is -0.117. The molecule has 0 aromatic rings. The lowest BCUT2D eigenvalue weighted by Crippen LogP contribution is -2.29. The Bertz CT molecular complexity index is 274. The Labute approximate surface area is 89.1 Å². The van der Waals surface area contributed by atoms with Gasteiger partial charge in [0.2, 0.25) is 5.91 Å². The molecule has 0 radical (unpaired) electrons. The van der Waals surface area contributed by atoms with Gasteiger partial charge in [-0.15, -0.1) is 0 Å². The van der Waals surface area contributed by atoms with Gasteiger partial charge in [0.25, 0.3) is 5.91 Å². The second kappa shape index (κ2) is 5.50. The minimum atomic E-state index is -0.141. The Hall–Kier alpha value is -1.36. The van der Waals surface area contributed by atoms with Crippen molar-refractivity contribution in [3.8, 4) is 0 Å². The summed E-state index contributed by atoms with van der Waals surface area (Å²) in [5.74, 6) is -0.179. The molecule has 1 rings (SSSR count). The van der Waals surface area contributed by atoms with Crippen LogP contribution in [0.3, 0.4) is 0 Å². The zero-order chi connectivity index (χ0) is 11.3. The first kappa shape index (κ1) is 11.7. The second-order valence-corrected chi connectivity index (χ2v) is 3.66. The highest BCUT2D eigenvalue weighted by molar-refractivity contribution is 5.87. The summed E-state index contributed by atoms with van der Waals surface area (Å²) in [7, 11) is 0. The van der Waals surface area contributed by atoms with E-state index in [4.69, 9.17) is 4.74 Å². The molecule has 1 N–H and O–H groups in total. The Kier molecular flexibility index (Phi) is 4.30. The Morgan fingerprint density at radius 1 is 1.67 bits per heavy atom. The third kappa shape index (κ3) is 4.12. The Balaban J connectivity index is 2.26. The van der Waals surface area contributed by atoms with Crippen LogP contribution in [0.2, 0.25) is 0 Å². The number of carbonyl (C=O) groups excluding carboxylic acids is 2. The molecule has 1 saturated heterocycles. The normalized spacial score (nSPS) is 16.7. The number of amides is 2. The molecule has 1 heterocycles. The molecular formula is C10H16N2O3. The zero-order valence-electron chi connectivity index (χ0n) is 9.03. The van der Waals surface area contributed by atoms with Crippen LogP contribution in [-0.2, 0) is 14.3 Å². The van der Waals surface area contributed by atoms with Crippen molar-refractivity contribution in [2.75, 3.05) is 19.9 Å². The quantitative estimate of drug-likeness (QED) is 0.661. The molecule has 0 unspecified atom stereocenters. The summed E-state index contributed by atoms with van der Waals surface area (Å²) < 4.78 is 4.93. The molecule has 0 aromatic carbocycles. The van der Waals surface area contributed by atoms with Crippen molar-refractivity contribution in [1.29, 1.82) is 0 Å². The lowest BCUT2D eigenvalue weighted by Gasteiger charge is -2.09. The monoisotopic (exact) mass is 212 g/mol. The summed E-state index contributed by atoms with van der Waals surface area (Å²) in [5, 5.41) is 2.72. The van der Waals surface area contributed by atoms with Crippen LogP contribution in [0.15, 0.2) is 12.2 Å². The summed E-state index contributed by atoms with van der Waals surface area (Å²) in [4.78, 5) is 23.8. The smallest absolute Gasteiger partial charge is 0.250 e. The van der Waals surface area contributed by atoms with E-state index in [1.54, 1.807) is 11.0 Å². The zero-order valence-corrected chi connectivity index (χ0v) is 9.03. The molecule has 0 atom stereocenters. The van der Waals surface area contributed by atoms with Crippen molar-refractivity contribution in [2.45, 2.75) is 19.9 Å². The number of hydrogen-bond acceptors (Lipinski definition) is 3. The third-order valence-electron chi connectivity index (χ3n) is 1.85. The topological polar surface area (TPSA) is 58.6 Å². The van der Waals surface area contributed by atoms with Gasteiger partial charge in [0.15, 0.2) is 0 Å². The van der Waals surface area contributed by atoms with Crippen molar-refractivity contribution in [2.24, 2.45) is 0 Å². The predicted molar refractivity (Wildman–Crippen MR) is 55.0 cm³/mol. The van der Waals surface area contributed by atoms with Crippen molar-refractivity contribution in [3.63, 3.8) is 0 Å². The van der Waals surface area contributed by atoms with E-state index < -0.39 is 0 Å². The molecule has 0 aromatic heterocycles. The van der Waals surface area contributed by atoms with Crippen LogP contribution in [0.5, 0.6) is 0 Å².